The van der Waals surface area contributed by atoms with Crippen molar-refractivity contribution in [1.82, 2.24) is 14.5 Å². The van der Waals surface area contributed by atoms with E-state index in [4.69, 9.17) is 23.2 Å². The Balaban J connectivity index is 1.36. The van der Waals surface area contributed by atoms with Crippen molar-refractivity contribution in [2.45, 2.75) is 6.42 Å². The largest absolute Gasteiger partial charge is 0.352 e. The van der Waals surface area contributed by atoms with Gasteiger partial charge in [-0.05, 0) is 42.3 Å². The molecule has 0 bridgehead atoms. The third-order valence-corrected chi connectivity index (χ3v) is 7.72. The number of aromatic nitrogens is 2. The average Bonchev–Trinajstić information content (AvgIpc) is 2.79. The number of piperazine rings is 1. The van der Waals surface area contributed by atoms with Crippen LogP contribution >= 0.6 is 23.2 Å². The highest BCUT2D eigenvalue weighted by atomic mass is 35.5. The number of benzene rings is 2. The second-order valence-electron chi connectivity index (χ2n) is 7.34. The van der Waals surface area contributed by atoms with Crippen LogP contribution in [0.1, 0.15) is 5.56 Å². The number of hydrogen-bond acceptors (Lipinski definition) is 5. The summed E-state index contributed by atoms with van der Waals surface area (Å²) in [4.78, 5) is 2.05. The summed E-state index contributed by atoms with van der Waals surface area (Å²) in [7, 11) is -3.29. The van der Waals surface area contributed by atoms with E-state index in [0.717, 1.165) is 16.9 Å². The Bertz CT molecular complexity index is 1130. The van der Waals surface area contributed by atoms with E-state index in [9.17, 15) is 8.42 Å². The van der Waals surface area contributed by atoms with E-state index in [1.165, 1.54) is 0 Å². The molecule has 0 amide bonds. The molecule has 2 heterocycles. The first-order valence-electron chi connectivity index (χ1n) is 9.98. The molecule has 0 unspecified atom stereocenters. The molecule has 1 aromatic heterocycles. The maximum absolute atomic E-state index is 12.7. The predicted molar refractivity (Wildman–Crippen MR) is 125 cm³/mol. The molecule has 3 aromatic rings. The Hall–Kier alpha value is -2.19. The van der Waals surface area contributed by atoms with Gasteiger partial charge in [0.1, 0.15) is 0 Å². The van der Waals surface area contributed by atoms with Crippen LogP contribution in [0.2, 0.25) is 10.0 Å². The monoisotopic (exact) mass is 476 g/mol. The van der Waals surface area contributed by atoms with Crippen molar-refractivity contribution in [3.05, 3.63) is 76.3 Å². The van der Waals surface area contributed by atoms with E-state index in [1.54, 1.807) is 16.4 Å². The van der Waals surface area contributed by atoms with Crippen LogP contribution in [0.25, 0.3) is 11.3 Å². The molecule has 2 aromatic carbocycles. The maximum atomic E-state index is 12.7. The molecule has 31 heavy (non-hydrogen) atoms. The molecular formula is C22H22Cl2N4O2S. The van der Waals surface area contributed by atoms with Gasteiger partial charge in [0.2, 0.25) is 10.0 Å². The van der Waals surface area contributed by atoms with Gasteiger partial charge >= 0.3 is 0 Å². The van der Waals surface area contributed by atoms with Crippen LogP contribution in [0.15, 0.2) is 60.7 Å². The number of sulfonamides is 1. The summed E-state index contributed by atoms with van der Waals surface area (Å²) in [5.41, 5.74) is 2.45. The zero-order valence-corrected chi connectivity index (χ0v) is 19.1. The minimum Gasteiger partial charge on any atom is -0.352 e. The number of halogens is 2. The third-order valence-electron chi connectivity index (χ3n) is 5.31. The second-order valence-corrected chi connectivity index (χ2v) is 10.3. The standard InChI is InChI=1S/C22H22Cl2N4O2S/c23-18-6-7-19(20(24)16-18)21-8-9-22(26-25-21)27-11-13-28(14-12-27)31(29,30)15-10-17-4-2-1-3-5-17/h1-9,16H,10-15H2. The van der Waals surface area contributed by atoms with Crippen LogP contribution in [0.3, 0.4) is 0 Å². The lowest BCUT2D eigenvalue weighted by Crippen LogP contribution is -2.49. The fourth-order valence-corrected chi connectivity index (χ4v) is 5.53. The molecule has 0 radical (unpaired) electrons. The molecule has 6 nitrogen and oxygen atoms in total. The Labute approximate surface area is 192 Å². The minimum atomic E-state index is -3.29. The number of rotatable bonds is 6. The van der Waals surface area contributed by atoms with Crippen LogP contribution < -0.4 is 4.90 Å². The van der Waals surface area contributed by atoms with E-state index in [2.05, 4.69) is 10.2 Å². The van der Waals surface area contributed by atoms with Crippen molar-refractivity contribution in [1.29, 1.82) is 0 Å². The van der Waals surface area contributed by atoms with Crippen LogP contribution in [0, 0.1) is 0 Å². The number of anilines is 1. The summed E-state index contributed by atoms with van der Waals surface area (Å²) in [6, 6.07) is 18.7. The highest BCUT2D eigenvalue weighted by Gasteiger charge is 2.27. The lowest BCUT2D eigenvalue weighted by atomic mass is 10.1. The van der Waals surface area contributed by atoms with E-state index in [0.29, 0.717) is 48.3 Å². The normalized spacial score (nSPS) is 15.2. The molecule has 0 saturated carbocycles. The average molecular weight is 477 g/mol. The smallest absolute Gasteiger partial charge is 0.214 e. The number of hydrogen-bond donors (Lipinski definition) is 0. The zero-order valence-electron chi connectivity index (χ0n) is 16.8. The number of nitrogens with zero attached hydrogens (tertiary/aromatic N) is 4. The molecule has 162 valence electrons. The fourth-order valence-electron chi connectivity index (χ4n) is 3.55. The van der Waals surface area contributed by atoms with E-state index in [-0.39, 0.29) is 5.75 Å². The molecule has 1 saturated heterocycles. The van der Waals surface area contributed by atoms with Crippen molar-refractivity contribution in [2.24, 2.45) is 0 Å². The van der Waals surface area contributed by atoms with Crippen molar-refractivity contribution >= 4 is 39.0 Å². The van der Waals surface area contributed by atoms with Crippen molar-refractivity contribution < 1.29 is 8.42 Å². The first kappa shape index (κ1) is 22.0. The van der Waals surface area contributed by atoms with Gasteiger partial charge in [0.25, 0.3) is 0 Å². The SMILES string of the molecule is O=S(=O)(CCc1ccccc1)N1CCN(c2ccc(-c3ccc(Cl)cc3Cl)nn2)CC1. The first-order chi connectivity index (χ1) is 14.9. The van der Waals surface area contributed by atoms with Gasteiger partial charge in [-0.25, -0.2) is 8.42 Å². The van der Waals surface area contributed by atoms with E-state index >= 15 is 0 Å². The highest BCUT2D eigenvalue weighted by molar-refractivity contribution is 7.89. The lowest BCUT2D eigenvalue weighted by Gasteiger charge is -2.34. The Morgan fingerprint density at radius 1 is 0.871 bits per heavy atom. The summed E-state index contributed by atoms with van der Waals surface area (Å²) in [6.07, 6.45) is 0.517. The molecule has 0 aliphatic carbocycles. The van der Waals surface area contributed by atoms with E-state index in [1.807, 2.05) is 53.4 Å². The first-order valence-corrected chi connectivity index (χ1v) is 12.3. The molecular weight excluding hydrogens is 455 g/mol. The topological polar surface area (TPSA) is 66.4 Å². The van der Waals surface area contributed by atoms with Crippen LogP contribution in [0.4, 0.5) is 5.82 Å². The summed E-state index contributed by atoms with van der Waals surface area (Å²) < 4.78 is 27.0. The van der Waals surface area contributed by atoms with Gasteiger partial charge in [0.05, 0.1) is 16.5 Å². The Kier molecular flexibility index (Phi) is 6.77. The van der Waals surface area contributed by atoms with Gasteiger partial charge in [-0.3, -0.25) is 0 Å². The van der Waals surface area contributed by atoms with Crippen molar-refractivity contribution in [3.8, 4) is 11.3 Å². The van der Waals surface area contributed by atoms with Crippen molar-refractivity contribution in [3.63, 3.8) is 0 Å². The van der Waals surface area contributed by atoms with Crippen LogP contribution in [-0.2, 0) is 16.4 Å². The van der Waals surface area contributed by atoms with Crippen molar-refractivity contribution in [2.75, 3.05) is 36.8 Å². The molecule has 0 spiro atoms. The maximum Gasteiger partial charge on any atom is 0.214 e. The summed E-state index contributed by atoms with van der Waals surface area (Å²) >= 11 is 12.2. The van der Waals surface area contributed by atoms with Gasteiger partial charge in [0, 0.05) is 36.8 Å². The summed E-state index contributed by atoms with van der Waals surface area (Å²) in [5.74, 6) is 0.836. The second kappa shape index (κ2) is 9.53. The quantitative estimate of drug-likeness (QED) is 0.534. The Morgan fingerprint density at radius 3 is 2.26 bits per heavy atom. The molecule has 1 fully saturated rings. The molecule has 4 rings (SSSR count). The molecule has 1 aliphatic rings. The zero-order chi connectivity index (χ0) is 21.8. The minimum absolute atomic E-state index is 0.118. The molecule has 0 N–H and O–H groups in total. The molecule has 9 heteroatoms. The van der Waals surface area contributed by atoms with Gasteiger partial charge in [-0.1, -0.05) is 53.5 Å². The Morgan fingerprint density at radius 2 is 1.61 bits per heavy atom. The molecule has 0 atom stereocenters. The van der Waals surface area contributed by atoms with Gasteiger partial charge in [0.15, 0.2) is 5.82 Å². The van der Waals surface area contributed by atoms with Crippen LogP contribution in [0.5, 0.6) is 0 Å². The van der Waals surface area contributed by atoms with Gasteiger partial charge in [-0.2, -0.15) is 4.31 Å². The van der Waals surface area contributed by atoms with Gasteiger partial charge < -0.3 is 4.90 Å². The predicted octanol–water partition coefficient (Wildman–Crippen LogP) is 4.14. The fraction of sp³-hybridized carbons (Fsp3) is 0.273. The van der Waals surface area contributed by atoms with E-state index < -0.39 is 10.0 Å². The molecule has 1 aliphatic heterocycles. The number of aryl methyl sites for hydroxylation is 1. The van der Waals surface area contributed by atoms with Gasteiger partial charge in [-0.15, -0.1) is 10.2 Å². The highest BCUT2D eigenvalue weighted by Crippen LogP contribution is 2.29. The van der Waals surface area contributed by atoms with Crippen LogP contribution in [-0.4, -0.2) is 54.9 Å². The summed E-state index contributed by atoms with van der Waals surface area (Å²) in [5, 5.41) is 9.70. The lowest BCUT2D eigenvalue weighted by molar-refractivity contribution is 0.383. The summed E-state index contributed by atoms with van der Waals surface area (Å²) in [6.45, 7) is 2.01. The third kappa shape index (κ3) is 5.36.